The van der Waals surface area contributed by atoms with Crippen molar-refractivity contribution < 1.29 is 4.58 Å². The number of fused-ring (bicyclic) bond motifs is 4. The van der Waals surface area contributed by atoms with Crippen molar-refractivity contribution in [3.05, 3.63) is 54.7 Å². The number of rotatable bonds is 3. The second-order valence-electron chi connectivity index (χ2n) is 6.52. The van der Waals surface area contributed by atoms with Crippen molar-refractivity contribution in [2.24, 2.45) is 17.6 Å². The largest absolute Gasteiger partial charge is 0.318 e. The van der Waals surface area contributed by atoms with Crippen LogP contribution in [0, 0.1) is 11.8 Å². The molecule has 22 heavy (non-hydrogen) atoms. The first kappa shape index (κ1) is 13.6. The fourth-order valence-corrected chi connectivity index (χ4v) is 4.14. The maximum atomic E-state index is 6.69. The van der Waals surface area contributed by atoms with Gasteiger partial charge in [0.1, 0.15) is 12.8 Å². The third-order valence-electron chi connectivity index (χ3n) is 5.40. The number of hydrogen-bond donors (Lipinski definition) is 1. The highest BCUT2D eigenvalue weighted by molar-refractivity contribution is 5.82. The average molecular weight is 292 g/mol. The highest BCUT2D eigenvalue weighted by atomic mass is 15.1. The lowest BCUT2D eigenvalue weighted by molar-refractivity contribution is -0.594. The summed E-state index contributed by atoms with van der Waals surface area (Å²) < 4.78 is 2.45. The van der Waals surface area contributed by atoms with Gasteiger partial charge in [0.15, 0.2) is 6.04 Å². The third-order valence-corrected chi connectivity index (χ3v) is 5.40. The standard InChI is InChI=1S/C19H22N3/c1-2-13-12-22-10-8-14(13)11-18(22)19(20)16-7-9-21-17-6-4-3-5-15(16)17/h2-7,9-10,13-14,18-19H,1,8,11-12,20H2/q+1/t13?,14?,18?,19-/m0/s1. The van der Waals surface area contributed by atoms with Gasteiger partial charge in [-0.2, -0.15) is 0 Å². The minimum atomic E-state index is 0.0257. The van der Waals surface area contributed by atoms with Gasteiger partial charge >= 0.3 is 0 Å². The number of piperidine rings is 1. The topological polar surface area (TPSA) is 41.9 Å². The molecule has 4 heterocycles. The summed E-state index contributed by atoms with van der Waals surface area (Å²) in [4.78, 5) is 4.45. The molecule has 5 rings (SSSR count). The molecule has 2 N–H and O–H groups in total. The second-order valence-corrected chi connectivity index (χ2v) is 6.52. The minimum absolute atomic E-state index is 0.0257. The molecule has 0 amide bonds. The van der Waals surface area contributed by atoms with E-state index in [9.17, 15) is 0 Å². The average Bonchev–Trinajstić information content (AvgIpc) is 2.60. The summed E-state index contributed by atoms with van der Waals surface area (Å²) in [5.41, 5.74) is 8.94. The third kappa shape index (κ3) is 2.08. The number of hydrogen-bond acceptors (Lipinski definition) is 2. The molecule has 3 unspecified atom stereocenters. The van der Waals surface area contributed by atoms with E-state index >= 15 is 0 Å². The lowest BCUT2D eigenvalue weighted by Gasteiger charge is -2.38. The van der Waals surface area contributed by atoms with Crippen LogP contribution in [-0.4, -0.2) is 28.4 Å². The van der Waals surface area contributed by atoms with Gasteiger partial charge in [-0.15, -0.1) is 6.58 Å². The van der Waals surface area contributed by atoms with Gasteiger partial charge in [0.25, 0.3) is 0 Å². The van der Waals surface area contributed by atoms with Crippen molar-refractivity contribution in [2.45, 2.75) is 24.9 Å². The fraction of sp³-hybridized carbons (Fsp3) is 0.368. The molecule has 0 aliphatic carbocycles. The molecule has 3 aliphatic heterocycles. The van der Waals surface area contributed by atoms with E-state index in [1.807, 2.05) is 12.3 Å². The van der Waals surface area contributed by atoms with E-state index in [4.69, 9.17) is 5.73 Å². The van der Waals surface area contributed by atoms with Crippen molar-refractivity contribution in [3.8, 4) is 0 Å². The minimum Gasteiger partial charge on any atom is -0.318 e. The first-order valence-corrected chi connectivity index (χ1v) is 8.09. The first-order valence-electron chi connectivity index (χ1n) is 8.09. The summed E-state index contributed by atoms with van der Waals surface area (Å²) in [7, 11) is 0. The van der Waals surface area contributed by atoms with E-state index in [0.717, 1.165) is 24.9 Å². The van der Waals surface area contributed by atoms with Crippen LogP contribution >= 0.6 is 0 Å². The lowest BCUT2D eigenvalue weighted by atomic mass is 9.75. The molecule has 2 bridgehead atoms. The van der Waals surface area contributed by atoms with Crippen LogP contribution in [0.15, 0.2) is 49.2 Å². The van der Waals surface area contributed by atoms with Crippen LogP contribution in [-0.2, 0) is 0 Å². The number of para-hydroxylation sites is 1. The molecule has 1 aromatic heterocycles. The summed E-state index contributed by atoms with van der Waals surface area (Å²) in [6.45, 7) is 5.06. The summed E-state index contributed by atoms with van der Waals surface area (Å²) in [5.74, 6) is 1.31. The van der Waals surface area contributed by atoms with Gasteiger partial charge in [-0.1, -0.05) is 24.3 Å². The number of nitrogens with two attached hydrogens (primary N) is 1. The van der Waals surface area contributed by atoms with Crippen LogP contribution in [0.5, 0.6) is 0 Å². The summed E-state index contributed by atoms with van der Waals surface area (Å²) in [5, 5.41) is 1.18. The Labute approximate surface area is 131 Å². The van der Waals surface area contributed by atoms with Gasteiger partial charge in [0, 0.05) is 30.3 Å². The Hall–Kier alpha value is -2.00. The zero-order valence-electron chi connectivity index (χ0n) is 12.7. The van der Waals surface area contributed by atoms with Gasteiger partial charge in [0.2, 0.25) is 0 Å². The van der Waals surface area contributed by atoms with Crippen molar-refractivity contribution in [1.82, 2.24) is 4.98 Å². The van der Waals surface area contributed by atoms with Crippen LogP contribution in [0.4, 0.5) is 0 Å². The molecule has 3 aliphatic rings. The van der Waals surface area contributed by atoms with E-state index in [-0.39, 0.29) is 6.04 Å². The normalized spacial score (nSPS) is 28.4. The molecule has 4 atom stereocenters. The molecule has 3 nitrogen and oxygen atoms in total. The monoisotopic (exact) mass is 292 g/mol. The van der Waals surface area contributed by atoms with Crippen molar-refractivity contribution in [3.63, 3.8) is 0 Å². The van der Waals surface area contributed by atoms with Crippen LogP contribution in [0.1, 0.15) is 24.4 Å². The fourth-order valence-electron chi connectivity index (χ4n) is 4.14. The van der Waals surface area contributed by atoms with E-state index < -0.39 is 0 Å². The molecule has 112 valence electrons. The maximum absolute atomic E-state index is 6.69. The predicted octanol–water partition coefficient (Wildman–Crippen LogP) is 2.91. The smallest absolute Gasteiger partial charge is 0.171 e. The first-order chi connectivity index (χ1) is 10.8. The van der Waals surface area contributed by atoms with Crippen molar-refractivity contribution in [2.75, 3.05) is 6.54 Å². The Bertz CT molecular complexity index is 744. The Morgan fingerprint density at radius 2 is 2.18 bits per heavy atom. The maximum Gasteiger partial charge on any atom is 0.171 e. The highest BCUT2D eigenvalue weighted by Gasteiger charge is 2.44. The zero-order valence-corrected chi connectivity index (χ0v) is 12.7. The number of aromatic nitrogens is 1. The van der Waals surface area contributed by atoms with Gasteiger partial charge in [-0.3, -0.25) is 4.98 Å². The molecule has 0 radical (unpaired) electrons. The summed E-state index contributed by atoms with van der Waals surface area (Å²) in [6, 6.07) is 10.8. The Morgan fingerprint density at radius 3 is 2.95 bits per heavy atom. The molecule has 1 saturated heterocycles. The second kappa shape index (κ2) is 5.33. The Morgan fingerprint density at radius 1 is 1.32 bits per heavy atom. The van der Waals surface area contributed by atoms with Crippen LogP contribution in [0.2, 0.25) is 0 Å². The Balaban J connectivity index is 1.70. The van der Waals surface area contributed by atoms with Crippen LogP contribution in [0.25, 0.3) is 10.9 Å². The van der Waals surface area contributed by atoms with Gasteiger partial charge in [-0.25, -0.2) is 4.58 Å². The van der Waals surface area contributed by atoms with Gasteiger partial charge in [-0.05, 0) is 23.6 Å². The lowest BCUT2D eigenvalue weighted by Crippen LogP contribution is -2.50. The SMILES string of the molecule is C=CC1C[N+]2=CCC1CC2[C@@H](N)c1ccnc2ccccc12. The molecular formula is C19H22N3+. The summed E-state index contributed by atoms with van der Waals surface area (Å²) in [6.07, 6.45) is 8.67. The van der Waals surface area contributed by atoms with Crippen LogP contribution < -0.4 is 5.73 Å². The van der Waals surface area contributed by atoms with Crippen molar-refractivity contribution >= 4 is 17.1 Å². The highest BCUT2D eigenvalue weighted by Crippen LogP contribution is 2.37. The summed E-state index contributed by atoms with van der Waals surface area (Å²) >= 11 is 0. The zero-order chi connectivity index (χ0) is 15.1. The number of nitrogens with zero attached hydrogens (tertiary/aromatic N) is 2. The molecule has 2 aromatic rings. The van der Waals surface area contributed by atoms with E-state index in [1.165, 1.54) is 10.9 Å². The predicted molar refractivity (Wildman–Crippen MR) is 90.1 cm³/mol. The molecule has 3 heteroatoms. The molecular weight excluding hydrogens is 270 g/mol. The Kier molecular flexibility index (Phi) is 3.30. The molecule has 0 spiro atoms. The molecule has 1 fully saturated rings. The van der Waals surface area contributed by atoms with Crippen LogP contribution in [0.3, 0.4) is 0 Å². The van der Waals surface area contributed by atoms with E-state index in [0.29, 0.717) is 17.9 Å². The quantitative estimate of drug-likeness (QED) is 0.698. The van der Waals surface area contributed by atoms with E-state index in [1.54, 1.807) is 0 Å². The number of benzene rings is 1. The van der Waals surface area contributed by atoms with E-state index in [2.05, 4.69) is 52.7 Å². The van der Waals surface area contributed by atoms with Crippen molar-refractivity contribution in [1.29, 1.82) is 0 Å². The van der Waals surface area contributed by atoms with Gasteiger partial charge < -0.3 is 5.73 Å². The molecule has 1 aromatic carbocycles. The number of pyridine rings is 1. The van der Waals surface area contributed by atoms with Gasteiger partial charge in [0.05, 0.1) is 11.6 Å². The molecule has 0 saturated carbocycles.